The lowest BCUT2D eigenvalue weighted by Gasteiger charge is -2.15. The van der Waals surface area contributed by atoms with Gasteiger partial charge in [-0.05, 0) is 43.0 Å². The molecule has 0 bridgehead atoms. The molecule has 1 unspecified atom stereocenters. The molecule has 5 rings (SSSR count). The Kier molecular flexibility index (Phi) is 6.83. The maximum absolute atomic E-state index is 14.9. The van der Waals surface area contributed by atoms with E-state index in [4.69, 9.17) is 23.2 Å². The number of fused-ring (bicyclic) bond motifs is 1. The van der Waals surface area contributed by atoms with Gasteiger partial charge in [-0.15, -0.1) is 13.2 Å². The quantitative estimate of drug-likeness (QED) is 0.231. The molecule has 1 aromatic heterocycles. The molecule has 0 aliphatic heterocycles. The Hall–Kier alpha value is -2.86. The summed E-state index contributed by atoms with van der Waals surface area (Å²) < 4.78 is 82.8. The largest absolute Gasteiger partial charge is 0.573 e. The predicted octanol–water partition coefficient (Wildman–Crippen LogP) is 6.84. The van der Waals surface area contributed by atoms with E-state index < -0.39 is 33.9 Å². The topological polar surface area (TPSA) is 92.3 Å². The van der Waals surface area contributed by atoms with Gasteiger partial charge in [0.05, 0.1) is 26.2 Å². The number of hydrogen-bond acceptors (Lipinski definition) is 5. The highest BCUT2D eigenvalue weighted by Gasteiger charge is 2.33. The molecule has 1 aliphatic carbocycles. The maximum Gasteiger partial charge on any atom is 0.573 e. The molecular formula is C25H18Cl2F4N2O4S. The van der Waals surface area contributed by atoms with Crippen LogP contribution >= 0.6 is 23.2 Å². The standard InChI is InChI=1S/C25H18Cl2F4N2O4S/c26-16-10-18-22(21(27)20(16)15-3-1-2-4-19(15)37-25(29,30)31)33-24(32-18)23(34)14-8-7-13(9-17(14)28)38(35,36)11-12-5-6-12/h1-4,7-10,12,23,34H,5-6,11H2,(H,32,33). The molecule has 0 amide bonds. The fourth-order valence-electron chi connectivity index (χ4n) is 4.12. The van der Waals surface area contributed by atoms with Crippen molar-refractivity contribution in [2.24, 2.45) is 5.92 Å². The van der Waals surface area contributed by atoms with Crippen LogP contribution in [0.3, 0.4) is 0 Å². The van der Waals surface area contributed by atoms with Crippen molar-refractivity contribution in [1.82, 2.24) is 9.97 Å². The van der Waals surface area contributed by atoms with E-state index >= 15 is 0 Å². The van der Waals surface area contributed by atoms with Gasteiger partial charge in [-0.1, -0.05) is 47.5 Å². The number of benzene rings is 3. The van der Waals surface area contributed by atoms with E-state index in [2.05, 4.69) is 14.7 Å². The molecule has 1 atom stereocenters. The summed E-state index contributed by atoms with van der Waals surface area (Å²) in [7, 11) is -3.66. The smallest absolute Gasteiger partial charge is 0.405 e. The van der Waals surface area contributed by atoms with Crippen LogP contribution in [0.4, 0.5) is 17.6 Å². The number of halogens is 6. The normalized spacial score (nSPS) is 15.1. The van der Waals surface area contributed by atoms with Gasteiger partial charge in [0.1, 0.15) is 29.0 Å². The number of aliphatic hydroxyl groups excluding tert-OH is 1. The van der Waals surface area contributed by atoms with Gasteiger partial charge in [0.15, 0.2) is 9.84 Å². The van der Waals surface area contributed by atoms with Gasteiger partial charge < -0.3 is 14.8 Å². The first-order chi connectivity index (χ1) is 17.8. The highest BCUT2D eigenvalue weighted by molar-refractivity contribution is 7.91. The summed E-state index contributed by atoms with van der Waals surface area (Å²) in [5, 5.41) is 10.7. The number of H-pyrrole nitrogens is 1. The third-order valence-corrected chi connectivity index (χ3v) is 8.65. The number of aromatic amines is 1. The monoisotopic (exact) mass is 588 g/mol. The van der Waals surface area contributed by atoms with Crippen molar-refractivity contribution in [2.75, 3.05) is 5.75 Å². The van der Waals surface area contributed by atoms with E-state index in [9.17, 15) is 31.1 Å². The number of aromatic nitrogens is 2. The molecule has 13 heteroatoms. The molecule has 3 aromatic carbocycles. The Morgan fingerprint density at radius 1 is 1.13 bits per heavy atom. The van der Waals surface area contributed by atoms with Crippen LogP contribution in [-0.4, -0.2) is 35.6 Å². The molecule has 6 nitrogen and oxygen atoms in total. The highest BCUT2D eigenvalue weighted by atomic mass is 35.5. The van der Waals surface area contributed by atoms with E-state index in [0.29, 0.717) is 0 Å². The number of ether oxygens (including phenoxy) is 1. The first kappa shape index (κ1) is 26.7. The Labute approximate surface area is 224 Å². The Balaban J connectivity index is 1.52. The number of imidazole rings is 1. The molecule has 38 heavy (non-hydrogen) atoms. The molecule has 0 radical (unpaired) electrons. The Morgan fingerprint density at radius 3 is 2.50 bits per heavy atom. The van der Waals surface area contributed by atoms with Crippen LogP contribution in [0.15, 0.2) is 53.4 Å². The fourth-order valence-corrected chi connectivity index (χ4v) is 6.53. The van der Waals surface area contributed by atoms with Crippen molar-refractivity contribution in [3.05, 3.63) is 75.8 Å². The number of alkyl halides is 3. The van der Waals surface area contributed by atoms with E-state index in [1.165, 1.54) is 30.3 Å². The van der Waals surface area contributed by atoms with Crippen LogP contribution < -0.4 is 4.74 Å². The minimum Gasteiger partial charge on any atom is -0.405 e. The Bertz CT molecular complexity index is 1650. The second-order valence-corrected chi connectivity index (χ2v) is 11.7. The third kappa shape index (κ3) is 5.33. The van der Waals surface area contributed by atoms with Gasteiger partial charge in [-0.3, -0.25) is 0 Å². The SMILES string of the molecule is O=S(=O)(CC1CC1)c1ccc(C(O)c2nc3c(Cl)c(-c4ccccc4OC(F)(F)F)c(Cl)cc3[nH]2)c(F)c1. The minimum absolute atomic E-state index is 0.0182. The van der Waals surface area contributed by atoms with Crippen LogP contribution in [0.2, 0.25) is 10.0 Å². The first-order valence-corrected chi connectivity index (χ1v) is 13.7. The molecule has 4 aromatic rings. The number of rotatable bonds is 7. The van der Waals surface area contributed by atoms with Crippen molar-refractivity contribution >= 4 is 44.1 Å². The van der Waals surface area contributed by atoms with Gasteiger partial charge in [0, 0.05) is 16.7 Å². The van der Waals surface area contributed by atoms with Gasteiger partial charge in [-0.2, -0.15) is 0 Å². The van der Waals surface area contributed by atoms with E-state index in [1.807, 2.05) is 0 Å². The number of aliphatic hydroxyl groups is 1. The number of para-hydroxylation sites is 1. The van der Waals surface area contributed by atoms with Gasteiger partial charge in [0.25, 0.3) is 0 Å². The summed E-state index contributed by atoms with van der Waals surface area (Å²) in [6.45, 7) is 0. The summed E-state index contributed by atoms with van der Waals surface area (Å²) in [4.78, 5) is 6.84. The number of hydrogen-bond donors (Lipinski definition) is 2. The first-order valence-electron chi connectivity index (χ1n) is 11.3. The molecular weight excluding hydrogens is 571 g/mol. The Morgan fingerprint density at radius 2 is 1.84 bits per heavy atom. The van der Waals surface area contributed by atoms with Crippen molar-refractivity contribution in [3.63, 3.8) is 0 Å². The summed E-state index contributed by atoms with van der Waals surface area (Å²) in [6.07, 6.45) is -4.96. The number of sulfone groups is 1. The van der Waals surface area contributed by atoms with E-state index in [1.54, 1.807) is 0 Å². The summed E-state index contributed by atoms with van der Waals surface area (Å²) in [6, 6.07) is 9.89. The minimum atomic E-state index is -4.96. The number of nitrogens with zero attached hydrogens (tertiary/aromatic N) is 1. The molecule has 1 fully saturated rings. The lowest BCUT2D eigenvalue weighted by molar-refractivity contribution is -0.274. The zero-order valence-corrected chi connectivity index (χ0v) is 21.5. The second-order valence-electron chi connectivity index (χ2n) is 8.92. The van der Waals surface area contributed by atoms with Gasteiger partial charge >= 0.3 is 6.36 Å². The van der Waals surface area contributed by atoms with Crippen LogP contribution in [0.5, 0.6) is 5.75 Å². The predicted molar refractivity (Wildman–Crippen MR) is 133 cm³/mol. The molecule has 0 saturated heterocycles. The summed E-state index contributed by atoms with van der Waals surface area (Å²) in [5.74, 6) is -1.59. The highest BCUT2D eigenvalue weighted by Crippen LogP contribution is 2.44. The van der Waals surface area contributed by atoms with Crippen LogP contribution in [-0.2, 0) is 9.84 Å². The molecule has 1 aliphatic rings. The maximum atomic E-state index is 14.9. The fraction of sp³-hybridized carbons (Fsp3) is 0.240. The molecule has 200 valence electrons. The molecule has 1 saturated carbocycles. The van der Waals surface area contributed by atoms with E-state index in [0.717, 1.165) is 31.0 Å². The van der Waals surface area contributed by atoms with Gasteiger partial charge in [-0.25, -0.2) is 17.8 Å². The van der Waals surface area contributed by atoms with Crippen LogP contribution in [0.1, 0.15) is 30.3 Å². The lowest BCUT2D eigenvalue weighted by atomic mass is 10.0. The van der Waals surface area contributed by atoms with Crippen molar-refractivity contribution in [3.8, 4) is 16.9 Å². The van der Waals surface area contributed by atoms with Crippen LogP contribution in [0, 0.1) is 11.7 Å². The lowest BCUT2D eigenvalue weighted by Crippen LogP contribution is -2.17. The zero-order chi connectivity index (χ0) is 27.4. The number of nitrogens with one attached hydrogen (secondary N) is 1. The average molecular weight is 589 g/mol. The van der Waals surface area contributed by atoms with Crippen molar-refractivity contribution in [2.45, 2.75) is 30.2 Å². The summed E-state index contributed by atoms with van der Waals surface area (Å²) in [5.41, 5.74) is 0.0355. The van der Waals surface area contributed by atoms with Crippen molar-refractivity contribution in [1.29, 1.82) is 0 Å². The second kappa shape index (κ2) is 9.71. The van der Waals surface area contributed by atoms with Gasteiger partial charge in [0.2, 0.25) is 0 Å². The zero-order valence-electron chi connectivity index (χ0n) is 19.2. The average Bonchev–Trinajstić information content (AvgIpc) is 3.52. The third-order valence-electron chi connectivity index (χ3n) is 6.11. The molecule has 0 spiro atoms. The molecule has 1 heterocycles. The van der Waals surface area contributed by atoms with E-state index in [-0.39, 0.29) is 60.2 Å². The van der Waals surface area contributed by atoms with Crippen molar-refractivity contribution < 1.29 is 35.8 Å². The van der Waals surface area contributed by atoms with Crippen LogP contribution in [0.25, 0.3) is 22.2 Å². The molecule has 2 N–H and O–H groups in total. The summed E-state index contributed by atoms with van der Waals surface area (Å²) >= 11 is 12.9.